The molecule has 0 saturated heterocycles. The van der Waals surface area contributed by atoms with E-state index in [1.807, 2.05) is 35.9 Å². The lowest BCUT2D eigenvalue weighted by Crippen LogP contribution is -2.08. The fraction of sp³-hybridized carbons (Fsp3) is 0.429. The smallest absolute Gasteiger partial charge is 0.221 e. The second-order valence-electron chi connectivity index (χ2n) is 5.07. The lowest BCUT2D eigenvalue weighted by atomic mass is 10.2. The van der Waals surface area contributed by atoms with Crippen molar-refractivity contribution in [1.82, 2.24) is 14.8 Å². The highest BCUT2D eigenvalue weighted by Gasteiger charge is 2.30. The van der Waals surface area contributed by atoms with Gasteiger partial charge in [-0.25, -0.2) is 0 Å². The molecule has 1 aliphatic carbocycles. The lowest BCUT2D eigenvalue weighted by Gasteiger charge is -2.05. The molecule has 1 heterocycles. The Balaban J connectivity index is 1.69. The van der Waals surface area contributed by atoms with E-state index in [2.05, 4.69) is 10.2 Å². The number of hydrogen-bond acceptors (Lipinski definition) is 3. The van der Waals surface area contributed by atoms with E-state index >= 15 is 0 Å². The lowest BCUT2D eigenvalue weighted by molar-refractivity contribution is 0.658. The van der Waals surface area contributed by atoms with Gasteiger partial charge in [-0.1, -0.05) is 29.8 Å². The molecule has 1 unspecified atom stereocenters. The second kappa shape index (κ2) is 5.66. The number of benzene rings is 1. The highest BCUT2D eigenvalue weighted by molar-refractivity contribution is 7.84. The molecule has 20 heavy (non-hydrogen) atoms. The molecule has 3 rings (SSSR count). The van der Waals surface area contributed by atoms with E-state index in [0.717, 1.165) is 29.3 Å². The van der Waals surface area contributed by atoms with Gasteiger partial charge >= 0.3 is 0 Å². The van der Waals surface area contributed by atoms with Gasteiger partial charge in [-0.3, -0.25) is 4.21 Å². The zero-order valence-electron chi connectivity index (χ0n) is 11.3. The minimum Gasteiger partial charge on any atom is -0.307 e. The Labute approximate surface area is 125 Å². The van der Waals surface area contributed by atoms with Crippen LogP contribution in [0, 0.1) is 0 Å². The van der Waals surface area contributed by atoms with E-state index in [1.165, 1.54) is 0 Å². The Bertz CT molecular complexity index is 652. The molecule has 106 valence electrons. The summed E-state index contributed by atoms with van der Waals surface area (Å²) in [7, 11) is 0.758. The minimum atomic E-state index is -1.14. The van der Waals surface area contributed by atoms with Crippen LogP contribution in [0.3, 0.4) is 0 Å². The summed E-state index contributed by atoms with van der Waals surface area (Å²) < 4.78 is 14.2. The molecular weight excluding hydrogens is 294 g/mol. The van der Waals surface area contributed by atoms with Crippen LogP contribution in [-0.2, 0) is 24.3 Å². The van der Waals surface area contributed by atoms with Crippen LogP contribution >= 0.6 is 11.6 Å². The average molecular weight is 310 g/mol. The molecule has 1 aromatic heterocycles. The van der Waals surface area contributed by atoms with Crippen molar-refractivity contribution >= 4 is 22.4 Å². The molecule has 1 saturated carbocycles. The van der Waals surface area contributed by atoms with E-state index in [0.29, 0.717) is 23.2 Å². The van der Waals surface area contributed by atoms with Crippen LogP contribution in [0.1, 0.15) is 30.1 Å². The van der Waals surface area contributed by atoms with Crippen molar-refractivity contribution in [2.24, 2.45) is 7.05 Å². The van der Waals surface area contributed by atoms with Crippen LogP contribution in [0.5, 0.6) is 0 Å². The van der Waals surface area contributed by atoms with Gasteiger partial charge in [0.25, 0.3) is 0 Å². The molecule has 0 amide bonds. The third-order valence-corrected chi connectivity index (χ3v) is 5.24. The van der Waals surface area contributed by atoms with E-state index < -0.39 is 10.8 Å². The Kier molecular flexibility index (Phi) is 3.89. The number of aryl methyl sites for hydroxylation is 1. The molecule has 0 radical (unpaired) electrons. The van der Waals surface area contributed by atoms with Gasteiger partial charge in [-0.15, -0.1) is 10.2 Å². The Morgan fingerprint density at radius 2 is 2.10 bits per heavy atom. The van der Waals surface area contributed by atoms with Crippen molar-refractivity contribution in [3.8, 4) is 0 Å². The predicted octanol–water partition coefficient (Wildman–Crippen LogP) is 2.70. The zero-order chi connectivity index (χ0) is 14.1. The first-order valence-corrected chi connectivity index (χ1v) is 8.37. The molecule has 0 aliphatic heterocycles. The summed E-state index contributed by atoms with van der Waals surface area (Å²) in [6, 6.07) is 7.66. The van der Waals surface area contributed by atoms with E-state index in [9.17, 15) is 4.21 Å². The molecule has 6 heteroatoms. The minimum absolute atomic E-state index is 0.514. The topological polar surface area (TPSA) is 47.8 Å². The normalized spacial score (nSPS) is 16.3. The maximum absolute atomic E-state index is 12.4. The van der Waals surface area contributed by atoms with Gasteiger partial charge < -0.3 is 4.57 Å². The zero-order valence-corrected chi connectivity index (χ0v) is 12.8. The van der Waals surface area contributed by atoms with Crippen LogP contribution in [0.2, 0.25) is 5.02 Å². The summed E-state index contributed by atoms with van der Waals surface area (Å²) in [6.07, 6.45) is 3.01. The van der Waals surface area contributed by atoms with Crippen LogP contribution in [0.4, 0.5) is 0 Å². The van der Waals surface area contributed by atoms with Crippen LogP contribution < -0.4 is 0 Å². The number of hydrogen-bond donors (Lipinski definition) is 0. The van der Waals surface area contributed by atoms with Gasteiger partial charge in [0.15, 0.2) is 0 Å². The van der Waals surface area contributed by atoms with Crippen LogP contribution in [0.25, 0.3) is 0 Å². The van der Waals surface area contributed by atoms with E-state index in [-0.39, 0.29) is 0 Å². The van der Waals surface area contributed by atoms with Crippen molar-refractivity contribution in [3.63, 3.8) is 0 Å². The molecule has 0 spiro atoms. The molecule has 1 fully saturated rings. The Morgan fingerprint density at radius 1 is 1.35 bits per heavy atom. The third kappa shape index (κ3) is 2.79. The first kappa shape index (κ1) is 13.8. The summed E-state index contributed by atoms with van der Waals surface area (Å²) in [5, 5.41) is 9.55. The molecule has 4 nitrogen and oxygen atoms in total. The van der Waals surface area contributed by atoms with Gasteiger partial charge in [-0.2, -0.15) is 0 Å². The van der Waals surface area contributed by atoms with E-state index in [4.69, 9.17) is 11.6 Å². The van der Waals surface area contributed by atoms with Crippen LogP contribution in [0.15, 0.2) is 29.4 Å². The molecule has 1 aliphatic rings. The number of nitrogens with zero attached hydrogens (tertiary/aromatic N) is 3. The molecule has 0 bridgehead atoms. The summed E-state index contributed by atoms with van der Waals surface area (Å²) in [4.78, 5) is 0. The monoisotopic (exact) mass is 309 g/mol. The summed E-state index contributed by atoms with van der Waals surface area (Å²) >= 11 is 6.11. The van der Waals surface area contributed by atoms with Crippen LogP contribution in [-0.4, -0.2) is 24.7 Å². The quantitative estimate of drug-likeness (QED) is 0.853. The first-order chi connectivity index (χ1) is 9.66. The van der Waals surface area contributed by atoms with Gasteiger partial charge in [-0.05, 0) is 30.9 Å². The first-order valence-electron chi connectivity index (χ1n) is 6.68. The molecule has 0 N–H and O–H groups in total. The molecule has 2 aromatic rings. The fourth-order valence-corrected chi connectivity index (χ4v) is 3.57. The largest absolute Gasteiger partial charge is 0.307 e. The average Bonchev–Trinajstić information content (AvgIpc) is 3.21. The van der Waals surface area contributed by atoms with Crippen molar-refractivity contribution < 1.29 is 4.21 Å². The van der Waals surface area contributed by atoms with Gasteiger partial charge in [0, 0.05) is 23.7 Å². The molecular formula is C14H16ClN3OS. The van der Waals surface area contributed by atoms with Crippen molar-refractivity contribution in [3.05, 3.63) is 40.7 Å². The third-order valence-electron chi connectivity index (χ3n) is 3.53. The maximum atomic E-state index is 12.4. The predicted molar refractivity (Wildman–Crippen MR) is 79.4 cm³/mol. The highest BCUT2D eigenvalue weighted by atomic mass is 35.5. The number of halogens is 1. The standard InChI is InChI=1S/C14H16ClN3OS/c1-18-13(11-6-7-11)16-17-14(18)20(19)9-8-10-4-2-3-5-12(10)15/h2-5,11H,6-9H2,1H3. The number of rotatable bonds is 5. The highest BCUT2D eigenvalue weighted by Crippen LogP contribution is 2.39. The summed E-state index contributed by atoms with van der Waals surface area (Å²) in [6.45, 7) is 0. The second-order valence-corrected chi connectivity index (χ2v) is 6.94. The summed E-state index contributed by atoms with van der Waals surface area (Å²) in [5.74, 6) is 1.99. The maximum Gasteiger partial charge on any atom is 0.221 e. The summed E-state index contributed by atoms with van der Waals surface area (Å²) in [5.41, 5.74) is 1.02. The number of aromatic nitrogens is 3. The van der Waals surface area contributed by atoms with Gasteiger partial charge in [0.05, 0.1) is 10.8 Å². The Morgan fingerprint density at radius 3 is 2.80 bits per heavy atom. The molecule has 1 aromatic carbocycles. The fourth-order valence-electron chi connectivity index (χ4n) is 2.22. The van der Waals surface area contributed by atoms with E-state index in [1.54, 1.807) is 0 Å². The Hall–Kier alpha value is -1.20. The van der Waals surface area contributed by atoms with Crippen molar-refractivity contribution in [2.75, 3.05) is 5.75 Å². The SMILES string of the molecule is Cn1c(C2CC2)nnc1S(=O)CCc1ccccc1Cl. The molecule has 1 atom stereocenters. The van der Waals surface area contributed by atoms with Gasteiger partial charge in [0.2, 0.25) is 5.16 Å². The van der Waals surface area contributed by atoms with Gasteiger partial charge in [0.1, 0.15) is 5.82 Å². The van der Waals surface area contributed by atoms with Crippen molar-refractivity contribution in [2.45, 2.75) is 30.3 Å². The van der Waals surface area contributed by atoms with Crippen molar-refractivity contribution in [1.29, 1.82) is 0 Å².